The molecular weight excluding hydrogens is 406 g/mol. The second-order valence-electron chi connectivity index (χ2n) is 8.83. The largest absolute Gasteiger partial charge is 0.496 e. The summed E-state index contributed by atoms with van der Waals surface area (Å²) in [5.74, 6) is 2.84. The van der Waals surface area contributed by atoms with Crippen LogP contribution in [0.4, 0.5) is 0 Å². The smallest absolute Gasteiger partial charge is 0.191 e. The highest BCUT2D eigenvalue weighted by molar-refractivity contribution is 5.80. The summed E-state index contributed by atoms with van der Waals surface area (Å²) < 4.78 is 17.0. The molecule has 0 saturated carbocycles. The molecule has 0 bridgehead atoms. The molecule has 1 fully saturated rings. The molecule has 1 saturated heterocycles. The minimum atomic E-state index is -1.19. The van der Waals surface area contributed by atoms with Crippen molar-refractivity contribution >= 4 is 5.96 Å². The highest BCUT2D eigenvalue weighted by Gasteiger charge is 2.37. The lowest BCUT2D eigenvalue weighted by atomic mass is 9.73. The maximum absolute atomic E-state index is 10.9. The number of benzene rings is 1. The molecule has 3 N–H and O–H groups in total. The van der Waals surface area contributed by atoms with Crippen molar-refractivity contribution in [3.05, 3.63) is 53.0 Å². The van der Waals surface area contributed by atoms with Crippen LogP contribution in [0.2, 0.25) is 0 Å². The third kappa shape index (κ3) is 5.64. The highest BCUT2D eigenvalue weighted by Crippen LogP contribution is 2.40. The molecule has 0 amide bonds. The van der Waals surface area contributed by atoms with E-state index >= 15 is 0 Å². The molecule has 1 aromatic heterocycles. The summed E-state index contributed by atoms with van der Waals surface area (Å²) in [6.45, 7) is 10.7. The second kappa shape index (κ2) is 10.4. The lowest BCUT2D eigenvalue weighted by Gasteiger charge is -2.39. The van der Waals surface area contributed by atoms with Crippen molar-refractivity contribution in [2.24, 2.45) is 4.99 Å². The summed E-state index contributed by atoms with van der Waals surface area (Å²) in [5, 5.41) is 17.7. The van der Waals surface area contributed by atoms with Crippen LogP contribution in [-0.4, -0.2) is 51.0 Å². The van der Waals surface area contributed by atoms with Gasteiger partial charge in [0.2, 0.25) is 0 Å². The van der Waals surface area contributed by atoms with Gasteiger partial charge < -0.3 is 29.6 Å². The molecule has 0 aliphatic carbocycles. The van der Waals surface area contributed by atoms with Gasteiger partial charge in [-0.25, -0.2) is 4.99 Å². The van der Waals surface area contributed by atoms with Crippen LogP contribution in [0.3, 0.4) is 0 Å². The van der Waals surface area contributed by atoms with E-state index in [1.54, 1.807) is 20.1 Å². The molecule has 7 nitrogen and oxygen atoms in total. The number of hydrogen-bond acceptors (Lipinski definition) is 5. The van der Waals surface area contributed by atoms with E-state index < -0.39 is 5.60 Å². The molecule has 176 valence electrons. The number of hydrogen-bond donors (Lipinski definition) is 3. The van der Waals surface area contributed by atoms with E-state index in [1.807, 2.05) is 26.0 Å². The predicted molar refractivity (Wildman–Crippen MR) is 126 cm³/mol. The molecule has 1 aromatic carbocycles. The quantitative estimate of drug-likeness (QED) is 0.428. The Morgan fingerprint density at radius 1 is 1.19 bits per heavy atom. The molecule has 2 aromatic rings. The molecule has 0 spiro atoms. The van der Waals surface area contributed by atoms with E-state index in [9.17, 15) is 5.11 Å². The Morgan fingerprint density at radius 3 is 2.56 bits per heavy atom. The Bertz CT molecular complexity index is 914. The topological polar surface area (TPSA) is 88.3 Å². The monoisotopic (exact) mass is 443 g/mol. The number of nitrogens with one attached hydrogen (secondary N) is 2. The maximum atomic E-state index is 10.9. The Hall–Kier alpha value is -2.51. The average molecular weight is 444 g/mol. The first-order valence-electron chi connectivity index (χ1n) is 11.3. The van der Waals surface area contributed by atoms with E-state index in [-0.39, 0.29) is 12.0 Å². The van der Waals surface area contributed by atoms with Crippen molar-refractivity contribution in [3.8, 4) is 5.75 Å². The standard InChI is InChI=1S/C25H37N3O4/c1-6-26-23(27-16-24(4,29)22-10-8-19(3)32-22)28-17-25(11-13-31-14-12-25)20-15-18(2)7-9-21(20)30-5/h7-10,15,29H,6,11-14,16-17H2,1-5H3,(H2,26,27,28). The normalized spacial score (nSPS) is 18.1. The van der Waals surface area contributed by atoms with E-state index in [0.29, 0.717) is 31.5 Å². The van der Waals surface area contributed by atoms with E-state index in [1.165, 1.54) is 11.1 Å². The van der Waals surface area contributed by atoms with Gasteiger partial charge in [0, 0.05) is 37.3 Å². The molecule has 2 heterocycles. The molecular formula is C25H37N3O4. The van der Waals surface area contributed by atoms with E-state index in [2.05, 4.69) is 34.7 Å². The number of methoxy groups -OCH3 is 1. The van der Waals surface area contributed by atoms with Gasteiger partial charge in [0.15, 0.2) is 5.96 Å². The molecule has 0 radical (unpaired) electrons. The summed E-state index contributed by atoms with van der Waals surface area (Å²) in [6.07, 6.45) is 1.78. The molecule has 1 atom stereocenters. The van der Waals surface area contributed by atoms with Crippen molar-refractivity contribution in [2.75, 3.05) is 40.0 Å². The first-order chi connectivity index (χ1) is 15.3. The SMILES string of the molecule is CCNC(=NCC(C)(O)c1ccc(C)o1)NCC1(c2cc(C)ccc2OC)CCOCC1. The fourth-order valence-corrected chi connectivity index (χ4v) is 4.17. The number of aliphatic hydroxyl groups is 1. The van der Waals surface area contributed by atoms with Crippen LogP contribution >= 0.6 is 0 Å². The van der Waals surface area contributed by atoms with Gasteiger partial charge in [-0.2, -0.15) is 0 Å². The predicted octanol–water partition coefficient (Wildman–Crippen LogP) is 3.42. The number of furan rings is 1. The zero-order valence-electron chi connectivity index (χ0n) is 20.0. The highest BCUT2D eigenvalue weighted by atomic mass is 16.5. The Morgan fingerprint density at radius 2 is 1.94 bits per heavy atom. The number of guanidine groups is 1. The molecule has 32 heavy (non-hydrogen) atoms. The third-order valence-electron chi connectivity index (χ3n) is 6.13. The van der Waals surface area contributed by atoms with Crippen LogP contribution in [0.1, 0.15) is 49.3 Å². The van der Waals surface area contributed by atoms with Gasteiger partial charge in [0.05, 0.1) is 13.7 Å². The van der Waals surface area contributed by atoms with Crippen molar-refractivity contribution in [1.29, 1.82) is 0 Å². The second-order valence-corrected chi connectivity index (χ2v) is 8.83. The number of rotatable bonds is 8. The average Bonchev–Trinajstić information content (AvgIpc) is 3.23. The third-order valence-corrected chi connectivity index (χ3v) is 6.13. The maximum Gasteiger partial charge on any atom is 0.191 e. The van der Waals surface area contributed by atoms with Gasteiger partial charge in [-0.1, -0.05) is 17.7 Å². The van der Waals surface area contributed by atoms with Crippen LogP contribution in [0.5, 0.6) is 5.75 Å². The van der Waals surface area contributed by atoms with Gasteiger partial charge in [-0.05, 0) is 58.7 Å². The molecule has 7 heteroatoms. The van der Waals surface area contributed by atoms with Gasteiger partial charge in [-0.3, -0.25) is 0 Å². The Labute approximate surface area is 191 Å². The minimum Gasteiger partial charge on any atom is -0.496 e. The van der Waals surface area contributed by atoms with E-state index in [4.69, 9.17) is 13.9 Å². The zero-order chi connectivity index (χ0) is 23.2. The van der Waals surface area contributed by atoms with Crippen molar-refractivity contribution in [1.82, 2.24) is 10.6 Å². The lowest BCUT2D eigenvalue weighted by Crippen LogP contribution is -2.48. The number of ether oxygens (including phenoxy) is 2. The first kappa shape index (κ1) is 24.1. The first-order valence-corrected chi connectivity index (χ1v) is 11.3. The molecule has 1 aliphatic rings. The Balaban J connectivity index is 1.81. The van der Waals surface area contributed by atoms with Crippen LogP contribution < -0.4 is 15.4 Å². The number of aliphatic imine (C=N–C) groups is 1. The summed E-state index contributed by atoms with van der Waals surface area (Å²) in [4.78, 5) is 4.66. The Kier molecular flexibility index (Phi) is 7.85. The zero-order valence-corrected chi connectivity index (χ0v) is 20.0. The van der Waals surface area contributed by atoms with Gasteiger partial charge in [0.1, 0.15) is 22.9 Å². The van der Waals surface area contributed by atoms with Crippen molar-refractivity contribution < 1.29 is 19.0 Å². The van der Waals surface area contributed by atoms with Crippen LogP contribution in [-0.2, 0) is 15.8 Å². The van der Waals surface area contributed by atoms with Crippen LogP contribution in [0, 0.1) is 13.8 Å². The van der Waals surface area contributed by atoms with E-state index in [0.717, 1.165) is 30.9 Å². The molecule has 3 rings (SSSR count). The summed E-state index contributed by atoms with van der Waals surface area (Å²) >= 11 is 0. The van der Waals surface area contributed by atoms with Crippen molar-refractivity contribution in [2.45, 2.75) is 51.6 Å². The fourth-order valence-electron chi connectivity index (χ4n) is 4.17. The number of nitrogens with zero attached hydrogens (tertiary/aromatic N) is 1. The summed E-state index contributed by atoms with van der Waals surface area (Å²) in [7, 11) is 1.72. The molecule has 1 aliphatic heterocycles. The van der Waals surface area contributed by atoms with Gasteiger partial charge >= 0.3 is 0 Å². The minimum absolute atomic E-state index is 0.132. The van der Waals surface area contributed by atoms with Gasteiger partial charge in [0.25, 0.3) is 0 Å². The van der Waals surface area contributed by atoms with Crippen LogP contribution in [0.15, 0.2) is 39.7 Å². The summed E-state index contributed by atoms with van der Waals surface area (Å²) in [6, 6.07) is 9.99. The van der Waals surface area contributed by atoms with Crippen LogP contribution in [0.25, 0.3) is 0 Å². The molecule has 1 unspecified atom stereocenters. The summed E-state index contributed by atoms with van der Waals surface area (Å²) in [5.41, 5.74) is 1.08. The lowest BCUT2D eigenvalue weighted by molar-refractivity contribution is 0.0427. The van der Waals surface area contributed by atoms with Crippen molar-refractivity contribution in [3.63, 3.8) is 0 Å². The van der Waals surface area contributed by atoms with Gasteiger partial charge in [-0.15, -0.1) is 0 Å². The fraction of sp³-hybridized carbons (Fsp3) is 0.560. The number of aryl methyl sites for hydroxylation is 2.